The minimum absolute atomic E-state index is 0.0918. The number of anilines is 1. The summed E-state index contributed by atoms with van der Waals surface area (Å²) in [6, 6.07) is 1.61. The highest BCUT2D eigenvalue weighted by atomic mass is 16.6. The minimum atomic E-state index is -1.86. The predicted octanol–water partition coefficient (Wildman–Crippen LogP) is 1.51. The molecule has 0 aliphatic heterocycles. The van der Waals surface area contributed by atoms with Crippen molar-refractivity contribution >= 4 is 35.0 Å². The summed E-state index contributed by atoms with van der Waals surface area (Å²) in [4.78, 5) is 55.7. The molecule has 1 aromatic carbocycles. The summed E-state index contributed by atoms with van der Waals surface area (Å²) in [5, 5.41) is 36.4. The summed E-state index contributed by atoms with van der Waals surface area (Å²) in [5.74, 6) is -3.20. The molecule has 170 valence electrons. The Morgan fingerprint density at radius 3 is 2.13 bits per heavy atom. The van der Waals surface area contributed by atoms with Crippen LogP contribution in [0.5, 0.6) is 0 Å². The first kappa shape index (κ1) is 25.1. The fraction of sp³-hybridized carbons (Fsp3) is 0.471. The third-order valence-electron chi connectivity index (χ3n) is 3.81. The summed E-state index contributed by atoms with van der Waals surface area (Å²) in [6.45, 7) is 6.04. The van der Waals surface area contributed by atoms with E-state index < -0.39 is 62.6 Å². The molecule has 0 heterocycles. The van der Waals surface area contributed by atoms with Gasteiger partial charge in [0.05, 0.1) is 15.9 Å². The van der Waals surface area contributed by atoms with Crippen LogP contribution in [-0.4, -0.2) is 44.7 Å². The number of rotatable bonds is 9. The number of nitro benzene ring substituents is 2. The lowest BCUT2D eigenvalue weighted by Crippen LogP contribution is -2.48. The maximum Gasteiger partial charge on any atom is 0.409 e. The van der Waals surface area contributed by atoms with Gasteiger partial charge in [0.25, 0.3) is 11.4 Å². The third-order valence-corrected chi connectivity index (χ3v) is 3.81. The molecule has 2 amide bonds. The number of nitrogens with two attached hydrogens (primary N) is 1. The van der Waals surface area contributed by atoms with Crippen molar-refractivity contribution in [3.05, 3.63) is 37.9 Å². The van der Waals surface area contributed by atoms with Crippen LogP contribution in [-0.2, 0) is 20.7 Å². The second-order valence-corrected chi connectivity index (χ2v) is 7.58. The number of carbonyl (C=O) groups is 3. The van der Waals surface area contributed by atoms with E-state index in [0.717, 1.165) is 6.07 Å². The van der Waals surface area contributed by atoms with Crippen LogP contribution < -0.4 is 16.4 Å². The standard InChI is InChI=1S/C17H23N5O9/c1-8(13(18)23)5-9-6-10(12(22(29)30)7-11(9)21(27)28)19-14(15(24)25)20-16(26)31-17(2,3)4/h6-8,14,19H,5H2,1-4H3,(H2,18,23)(H,20,26)(H,24,25)/t8-,14-/m0/s1. The third kappa shape index (κ3) is 7.41. The molecule has 14 heteroatoms. The number of nitrogens with one attached hydrogen (secondary N) is 2. The average molecular weight is 441 g/mol. The first-order valence-electron chi connectivity index (χ1n) is 8.86. The molecule has 2 atom stereocenters. The molecular weight excluding hydrogens is 418 g/mol. The Bertz CT molecular complexity index is 910. The number of primary amides is 1. The molecule has 1 rings (SSSR count). The average Bonchev–Trinajstić information content (AvgIpc) is 2.58. The van der Waals surface area contributed by atoms with Gasteiger partial charge in [0.15, 0.2) is 0 Å². The Labute approximate surface area is 176 Å². The largest absolute Gasteiger partial charge is 0.478 e. The lowest BCUT2D eigenvalue weighted by Gasteiger charge is -2.23. The van der Waals surface area contributed by atoms with E-state index in [0.29, 0.717) is 6.07 Å². The van der Waals surface area contributed by atoms with E-state index in [-0.39, 0.29) is 12.0 Å². The highest BCUT2D eigenvalue weighted by Gasteiger charge is 2.30. The second kappa shape index (κ2) is 9.69. The molecule has 0 bridgehead atoms. The maximum absolute atomic E-state index is 11.9. The smallest absolute Gasteiger partial charge is 0.409 e. The van der Waals surface area contributed by atoms with Crippen molar-refractivity contribution in [2.75, 3.05) is 5.32 Å². The Morgan fingerprint density at radius 1 is 1.16 bits per heavy atom. The molecule has 14 nitrogen and oxygen atoms in total. The van der Waals surface area contributed by atoms with Crippen molar-refractivity contribution in [2.24, 2.45) is 11.7 Å². The maximum atomic E-state index is 11.9. The van der Waals surface area contributed by atoms with Crippen LogP contribution in [0.3, 0.4) is 0 Å². The number of ether oxygens (including phenoxy) is 1. The lowest BCUT2D eigenvalue weighted by atomic mass is 9.98. The number of hydrogen-bond donors (Lipinski definition) is 4. The van der Waals surface area contributed by atoms with E-state index in [9.17, 15) is 39.7 Å². The number of hydrogen-bond acceptors (Lipinski definition) is 9. The van der Waals surface area contributed by atoms with Gasteiger partial charge in [-0.15, -0.1) is 0 Å². The number of amides is 2. The number of carboxylic acid groups (broad SMARTS) is 1. The van der Waals surface area contributed by atoms with Crippen molar-refractivity contribution < 1.29 is 34.1 Å². The van der Waals surface area contributed by atoms with Gasteiger partial charge in [0.2, 0.25) is 12.1 Å². The molecule has 0 aliphatic carbocycles. The zero-order valence-electron chi connectivity index (χ0n) is 17.2. The SMILES string of the molecule is C[C@@H](Cc1cc(N[C@@H](NC(=O)OC(C)(C)C)C(=O)O)c([N+](=O)[O-])cc1[N+](=O)[O-])C(N)=O. The van der Waals surface area contributed by atoms with Gasteiger partial charge in [-0.25, -0.2) is 9.59 Å². The zero-order chi connectivity index (χ0) is 24.1. The van der Waals surface area contributed by atoms with Crippen molar-refractivity contribution in [3.8, 4) is 0 Å². The second-order valence-electron chi connectivity index (χ2n) is 7.58. The molecule has 0 saturated carbocycles. The summed E-state index contributed by atoms with van der Waals surface area (Å²) < 4.78 is 4.96. The highest BCUT2D eigenvalue weighted by Crippen LogP contribution is 2.34. The van der Waals surface area contributed by atoms with E-state index in [1.807, 2.05) is 5.32 Å². The van der Waals surface area contributed by atoms with Gasteiger partial charge in [0.1, 0.15) is 11.3 Å². The Balaban J connectivity index is 3.40. The fourth-order valence-corrected chi connectivity index (χ4v) is 2.39. The monoisotopic (exact) mass is 441 g/mol. The highest BCUT2D eigenvalue weighted by molar-refractivity contribution is 5.84. The molecule has 0 radical (unpaired) electrons. The number of carbonyl (C=O) groups excluding carboxylic acids is 2. The van der Waals surface area contributed by atoms with Crippen molar-refractivity contribution in [1.82, 2.24) is 5.32 Å². The van der Waals surface area contributed by atoms with Gasteiger partial charge in [-0.05, 0) is 33.3 Å². The van der Waals surface area contributed by atoms with E-state index in [1.165, 1.54) is 6.92 Å². The van der Waals surface area contributed by atoms with E-state index >= 15 is 0 Å². The van der Waals surface area contributed by atoms with Crippen molar-refractivity contribution in [2.45, 2.75) is 45.9 Å². The molecule has 0 spiro atoms. The summed E-state index contributed by atoms with van der Waals surface area (Å²) in [5.41, 5.74) is 2.28. The number of alkyl carbamates (subject to hydrolysis) is 1. The number of nitro groups is 2. The van der Waals surface area contributed by atoms with Crippen LogP contribution in [0.15, 0.2) is 12.1 Å². The Kier molecular flexibility index (Phi) is 7.83. The van der Waals surface area contributed by atoms with Crippen LogP contribution in [0.4, 0.5) is 21.9 Å². The molecule has 0 aromatic heterocycles. The Hall–Kier alpha value is -3.97. The summed E-state index contributed by atoms with van der Waals surface area (Å²) in [7, 11) is 0. The summed E-state index contributed by atoms with van der Waals surface area (Å²) in [6.07, 6.45) is -3.20. The number of aliphatic carboxylic acids is 1. The lowest BCUT2D eigenvalue weighted by molar-refractivity contribution is -0.394. The van der Waals surface area contributed by atoms with Crippen LogP contribution in [0.1, 0.15) is 33.3 Å². The first-order chi connectivity index (χ1) is 14.1. The topological polar surface area (TPSA) is 217 Å². The molecule has 0 unspecified atom stereocenters. The van der Waals surface area contributed by atoms with Crippen LogP contribution >= 0.6 is 0 Å². The number of nitrogens with zero attached hydrogens (tertiary/aromatic N) is 2. The van der Waals surface area contributed by atoms with Crippen molar-refractivity contribution in [1.29, 1.82) is 0 Å². The molecule has 0 fully saturated rings. The molecule has 1 aromatic rings. The van der Waals surface area contributed by atoms with Gasteiger partial charge in [0, 0.05) is 11.5 Å². The molecule has 5 N–H and O–H groups in total. The minimum Gasteiger partial charge on any atom is -0.478 e. The van der Waals surface area contributed by atoms with Crippen molar-refractivity contribution in [3.63, 3.8) is 0 Å². The quantitative estimate of drug-likeness (QED) is 0.246. The van der Waals surface area contributed by atoms with Gasteiger partial charge in [-0.1, -0.05) is 6.92 Å². The molecular formula is C17H23N5O9. The molecule has 0 aliphatic rings. The molecule has 31 heavy (non-hydrogen) atoms. The van der Waals surface area contributed by atoms with E-state index in [1.54, 1.807) is 20.8 Å². The van der Waals surface area contributed by atoms with Crippen LogP contribution in [0.2, 0.25) is 0 Å². The fourth-order valence-electron chi connectivity index (χ4n) is 2.39. The van der Waals surface area contributed by atoms with Crippen LogP contribution in [0.25, 0.3) is 0 Å². The van der Waals surface area contributed by atoms with Gasteiger partial charge in [-0.2, -0.15) is 0 Å². The molecule has 0 saturated heterocycles. The number of carboxylic acids is 1. The number of benzene rings is 1. The van der Waals surface area contributed by atoms with Crippen LogP contribution in [0, 0.1) is 26.1 Å². The van der Waals surface area contributed by atoms with E-state index in [4.69, 9.17) is 10.5 Å². The zero-order valence-corrected chi connectivity index (χ0v) is 17.2. The van der Waals surface area contributed by atoms with Gasteiger partial charge < -0.3 is 20.9 Å². The predicted molar refractivity (Wildman–Crippen MR) is 106 cm³/mol. The van der Waals surface area contributed by atoms with Gasteiger partial charge >= 0.3 is 12.1 Å². The Morgan fingerprint density at radius 2 is 1.71 bits per heavy atom. The normalized spacial score (nSPS) is 12.9. The first-order valence-corrected chi connectivity index (χ1v) is 8.86. The van der Waals surface area contributed by atoms with E-state index in [2.05, 4.69) is 5.32 Å². The van der Waals surface area contributed by atoms with Gasteiger partial charge in [-0.3, -0.25) is 30.3 Å². The summed E-state index contributed by atoms with van der Waals surface area (Å²) >= 11 is 0.